The lowest BCUT2D eigenvalue weighted by Crippen LogP contribution is -2.61. The second-order valence-electron chi connectivity index (χ2n) is 8.02. The number of hydrogen-bond donors (Lipinski definition) is 5. The van der Waals surface area contributed by atoms with Crippen LogP contribution in [0.4, 0.5) is 4.39 Å². The van der Waals surface area contributed by atoms with E-state index in [4.69, 9.17) is 5.26 Å². The largest absolute Gasteiger partial charge is 0.379 e. The van der Waals surface area contributed by atoms with Crippen molar-refractivity contribution in [2.45, 2.75) is 76.1 Å². The van der Waals surface area contributed by atoms with Gasteiger partial charge in [0.05, 0.1) is 30.5 Å². The Morgan fingerprint density at radius 3 is 2.89 bits per heavy atom. The normalized spacial score (nSPS) is 36.8. The van der Waals surface area contributed by atoms with E-state index in [-0.39, 0.29) is 42.7 Å². The van der Waals surface area contributed by atoms with Gasteiger partial charge >= 0.3 is 0 Å². The summed E-state index contributed by atoms with van der Waals surface area (Å²) >= 11 is 0. The molecule has 0 spiro atoms. The number of nitrogens with one attached hydrogen (secondary N) is 4. The standard InChI is InChI=1S/C19H28FN5O3/c1-9-12(19(28)24-14-3-4-15(26)25-17(9)14)6-16(27)23-10(2)18-13(20)5-11(7-21)8-22-18/h10-11,13-15,17-18,22,25-26H,3-6,8H2,1-2H3,(H,23,27)(H,24,28)/t10-,11?,13?,14?,15?,17?,18?/m0/s1. The van der Waals surface area contributed by atoms with Gasteiger partial charge in [0.1, 0.15) is 12.4 Å². The number of halogens is 1. The van der Waals surface area contributed by atoms with Crippen LogP contribution in [0.2, 0.25) is 0 Å². The molecule has 3 aliphatic rings. The van der Waals surface area contributed by atoms with Gasteiger partial charge in [-0.2, -0.15) is 5.26 Å². The zero-order valence-corrected chi connectivity index (χ0v) is 16.2. The number of aliphatic hydroxyl groups excluding tert-OH is 1. The Labute approximate surface area is 163 Å². The van der Waals surface area contributed by atoms with E-state index in [0.717, 1.165) is 5.57 Å². The first-order chi connectivity index (χ1) is 13.3. The van der Waals surface area contributed by atoms with Crippen molar-refractivity contribution in [3.8, 4) is 6.07 Å². The highest BCUT2D eigenvalue weighted by molar-refractivity contribution is 6.00. The number of fused-ring (bicyclic) bond motifs is 1. The van der Waals surface area contributed by atoms with Crippen molar-refractivity contribution < 1.29 is 19.1 Å². The van der Waals surface area contributed by atoms with Crippen LogP contribution in [-0.2, 0) is 9.59 Å². The summed E-state index contributed by atoms with van der Waals surface area (Å²) < 4.78 is 14.3. The first-order valence-electron chi connectivity index (χ1n) is 9.81. The Balaban J connectivity index is 1.61. The van der Waals surface area contributed by atoms with Crippen molar-refractivity contribution in [2.24, 2.45) is 5.92 Å². The molecular weight excluding hydrogens is 365 g/mol. The molecule has 0 aromatic heterocycles. The molecule has 5 N–H and O–H groups in total. The minimum atomic E-state index is -1.22. The van der Waals surface area contributed by atoms with Crippen LogP contribution in [0, 0.1) is 17.2 Å². The first-order valence-corrected chi connectivity index (χ1v) is 9.81. The highest BCUT2D eigenvalue weighted by Gasteiger charge is 2.38. The van der Waals surface area contributed by atoms with Gasteiger partial charge < -0.3 is 21.1 Å². The number of nitriles is 1. The summed E-state index contributed by atoms with van der Waals surface area (Å²) in [6, 6.07) is 0.735. The Morgan fingerprint density at radius 2 is 2.21 bits per heavy atom. The molecule has 2 saturated heterocycles. The molecule has 0 aromatic rings. The fourth-order valence-electron chi connectivity index (χ4n) is 4.39. The third kappa shape index (κ3) is 4.35. The summed E-state index contributed by atoms with van der Waals surface area (Å²) in [5.74, 6) is -0.988. The Morgan fingerprint density at radius 1 is 1.46 bits per heavy atom. The van der Waals surface area contributed by atoms with Crippen molar-refractivity contribution in [3.63, 3.8) is 0 Å². The maximum atomic E-state index is 14.3. The molecule has 3 rings (SSSR count). The van der Waals surface area contributed by atoms with E-state index >= 15 is 0 Å². The van der Waals surface area contributed by atoms with E-state index in [0.29, 0.717) is 25.0 Å². The van der Waals surface area contributed by atoms with Crippen LogP contribution in [0.3, 0.4) is 0 Å². The number of piperidine rings is 2. The summed E-state index contributed by atoms with van der Waals surface area (Å²) in [6.07, 6.45) is -0.564. The summed E-state index contributed by atoms with van der Waals surface area (Å²) in [4.78, 5) is 25.0. The average Bonchev–Trinajstić information content (AvgIpc) is 2.65. The van der Waals surface area contributed by atoms with Crippen LogP contribution in [0.25, 0.3) is 0 Å². The number of alkyl halides is 1. The van der Waals surface area contributed by atoms with Gasteiger partial charge in [-0.1, -0.05) is 0 Å². The lowest BCUT2D eigenvalue weighted by atomic mass is 9.84. The van der Waals surface area contributed by atoms with E-state index in [1.54, 1.807) is 13.8 Å². The molecular formula is C19H28FN5O3. The van der Waals surface area contributed by atoms with Crippen LogP contribution in [-0.4, -0.2) is 60.0 Å². The molecule has 9 heteroatoms. The van der Waals surface area contributed by atoms with Crippen LogP contribution < -0.4 is 21.3 Å². The van der Waals surface area contributed by atoms with E-state index in [9.17, 15) is 19.1 Å². The molecule has 0 aromatic carbocycles. The summed E-state index contributed by atoms with van der Waals surface area (Å²) in [5, 5.41) is 30.5. The van der Waals surface area contributed by atoms with E-state index in [2.05, 4.69) is 27.3 Å². The third-order valence-electron chi connectivity index (χ3n) is 6.01. The number of aliphatic hydroxyl groups is 1. The highest BCUT2D eigenvalue weighted by Crippen LogP contribution is 2.26. The lowest BCUT2D eigenvalue weighted by molar-refractivity contribution is -0.124. The monoisotopic (exact) mass is 393 g/mol. The molecule has 3 aliphatic heterocycles. The second-order valence-corrected chi connectivity index (χ2v) is 8.02. The summed E-state index contributed by atoms with van der Waals surface area (Å²) in [7, 11) is 0. The molecule has 0 saturated carbocycles. The predicted molar refractivity (Wildman–Crippen MR) is 99.4 cm³/mol. The van der Waals surface area contributed by atoms with Gasteiger partial charge in [-0.3, -0.25) is 14.9 Å². The zero-order chi connectivity index (χ0) is 20.4. The molecule has 7 atom stereocenters. The molecule has 154 valence electrons. The van der Waals surface area contributed by atoms with Crippen LogP contribution in [0.1, 0.15) is 39.5 Å². The highest BCUT2D eigenvalue weighted by atomic mass is 19.1. The minimum Gasteiger partial charge on any atom is -0.379 e. The zero-order valence-electron chi connectivity index (χ0n) is 16.2. The topological polar surface area (TPSA) is 126 Å². The van der Waals surface area contributed by atoms with Gasteiger partial charge in [-0.25, -0.2) is 4.39 Å². The summed E-state index contributed by atoms with van der Waals surface area (Å²) in [6.45, 7) is 3.91. The molecule has 2 amide bonds. The quantitative estimate of drug-likeness (QED) is 0.443. The van der Waals surface area contributed by atoms with Crippen LogP contribution in [0.15, 0.2) is 11.1 Å². The number of carbonyl (C=O) groups is 2. The first kappa shape index (κ1) is 20.7. The molecule has 8 nitrogen and oxygen atoms in total. The summed E-state index contributed by atoms with van der Waals surface area (Å²) in [5.41, 5.74) is 1.14. The van der Waals surface area contributed by atoms with Crippen LogP contribution in [0.5, 0.6) is 0 Å². The predicted octanol–water partition coefficient (Wildman–Crippen LogP) is -0.394. The maximum Gasteiger partial charge on any atom is 0.248 e. The number of hydrogen-bond acceptors (Lipinski definition) is 6. The minimum absolute atomic E-state index is 0.0894. The number of rotatable bonds is 4. The van der Waals surface area contributed by atoms with Gasteiger partial charge in [-0.05, 0) is 38.7 Å². The molecule has 0 radical (unpaired) electrons. The molecule has 0 bridgehead atoms. The Hall–Kier alpha value is -2.02. The smallest absolute Gasteiger partial charge is 0.248 e. The molecule has 6 unspecified atom stereocenters. The average molecular weight is 393 g/mol. The van der Waals surface area contributed by atoms with Gasteiger partial charge in [-0.15, -0.1) is 0 Å². The van der Waals surface area contributed by atoms with Crippen molar-refractivity contribution in [2.75, 3.05) is 6.54 Å². The maximum absolute atomic E-state index is 14.3. The van der Waals surface area contributed by atoms with Gasteiger partial charge in [0.25, 0.3) is 0 Å². The molecule has 3 heterocycles. The molecule has 28 heavy (non-hydrogen) atoms. The molecule has 2 fully saturated rings. The van der Waals surface area contributed by atoms with Crippen molar-refractivity contribution >= 4 is 11.8 Å². The van der Waals surface area contributed by atoms with E-state index < -0.39 is 24.5 Å². The van der Waals surface area contributed by atoms with Crippen molar-refractivity contribution in [3.05, 3.63) is 11.1 Å². The Kier molecular flexibility index (Phi) is 6.33. The SMILES string of the molecule is CC1=C(CC(=O)N[C@@H](C)C2NCC(C#N)CC2F)C(=O)NC2CCC(O)NC12. The van der Waals surface area contributed by atoms with E-state index in [1.165, 1.54) is 0 Å². The Bertz CT molecular complexity index is 706. The lowest BCUT2D eigenvalue weighted by Gasteiger charge is -2.40. The third-order valence-corrected chi connectivity index (χ3v) is 6.01. The molecule has 0 aliphatic carbocycles. The van der Waals surface area contributed by atoms with Crippen molar-refractivity contribution in [1.29, 1.82) is 5.26 Å². The number of amides is 2. The second kappa shape index (κ2) is 8.55. The van der Waals surface area contributed by atoms with Crippen LogP contribution >= 0.6 is 0 Å². The number of carbonyl (C=O) groups excluding carboxylic acids is 2. The van der Waals surface area contributed by atoms with Gasteiger partial charge in [0, 0.05) is 24.2 Å². The van der Waals surface area contributed by atoms with Gasteiger partial charge in [0.15, 0.2) is 0 Å². The number of nitrogens with zero attached hydrogens (tertiary/aromatic N) is 1. The van der Waals surface area contributed by atoms with Crippen molar-refractivity contribution in [1.82, 2.24) is 21.3 Å². The fourth-order valence-corrected chi connectivity index (χ4v) is 4.39. The van der Waals surface area contributed by atoms with E-state index in [1.807, 2.05) is 0 Å². The van der Waals surface area contributed by atoms with Gasteiger partial charge in [0.2, 0.25) is 11.8 Å². The fraction of sp³-hybridized carbons (Fsp3) is 0.737.